The Kier molecular flexibility index (Phi) is 6.17. The summed E-state index contributed by atoms with van der Waals surface area (Å²) < 4.78 is 13.8. The van der Waals surface area contributed by atoms with Crippen LogP contribution in [-0.4, -0.2) is 24.6 Å². The molecule has 4 heteroatoms. The molecular weight excluding hydrogens is 325 g/mol. The molecule has 19 heavy (non-hydrogen) atoms. The van der Waals surface area contributed by atoms with Gasteiger partial charge in [-0.3, -0.25) is 0 Å². The minimum Gasteiger partial charge on any atom is -0.317 e. The van der Waals surface area contributed by atoms with Gasteiger partial charge in [0.05, 0.1) is 4.47 Å². The molecule has 1 aliphatic rings. The Balaban J connectivity index is 1.92. The molecule has 1 nitrogen and oxygen atoms in total. The molecule has 1 N–H and O–H groups in total. The Morgan fingerprint density at radius 3 is 2.79 bits per heavy atom. The van der Waals surface area contributed by atoms with E-state index in [9.17, 15) is 4.39 Å². The molecule has 0 spiro atoms. The number of likely N-dealkylation sites (N-methyl/N-ethyl adjacent to an activating group) is 1. The first-order valence-electron chi connectivity index (χ1n) is 6.88. The van der Waals surface area contributed by atoms with Crippen LogP contribution in [0.4, 0.5) is 4.39 Å². The first-order valence-corrected chi connectivity index (χ1v) is 8.82. The highest BCUT2D eigenvalue weighted by atomic mass is 79.9. The standard InChI is InChI=1S/C15H21BrFNS/c1-18-13(8-11-4-6-19-7-5-11)9-12-2-3-15(17)14(16)10-12/h2-3,10-11,13,18H,4-9H2,1H3. The van der Waals surface area contributed by atoms with E-state index in [1.807, 2.05) is 19.2 Å². The van der Waals surface area contributed by atoms with E-state index >= 15 is 0 Å². The van der Waals surface area contributed by atoms with Crippen molar-refractivity contribution in [3.05, 3.63) is 34.1 Å². The maximum absolute atomic E-state index is 13.2. The minimum absolute atomic E-state index is 0.186. The molecule has 0 bridgehead atoms. The fourth-order valence-corrected chi connectivity index (χ4v) is 4.27. The summed E-state index contributed by atoms with van der Waals surface area (Å²) >= 11 is 5.33. The summed E-state index contributed by atoms with van der Waals surface area (Å²) in [6.45, 7) is 0. The molecule has 0 aliphatic carbocycles. The molecule has 0 saturated carbocycles. The first kappa shape index (κ1) is 15.3. The van der Waals surface area contributed by atoms with Gasteiger partial charge in [0.1, 0.15) is 5.82 Å². The molecule has 0 aromatic heterocycles. The van der Waals surface area contributed by atoms with Crippen LogP contribution in [0.5, 0.6) is 0 Å². The molecule has 2 rings (SSSR count). The maximum Gasteiger partial charge on any atom is 0.137 e. The second-order valence-electron chi connectivity index (χ2n) is 5.23. The fraction of sp³-hybridized carbons (Fsp3) is 0.600. The number of nitrogens with one attached hydrogen (secondary N) is 1. The van der Waals surface area contributed by atoms with Gasteiger partial charge >= 0.3 is 0 Å². The van der Waals surface area contributed by atoms with Crippen molar-refractivity contribution in [3.63, 3.8) is 0 Å². The number of hydrogen-bond donors (Lipinski definition) is 1. The molecule has 106 valence electrons. The lowest BCUT2D eigenvalue weighted by atomic mass is 9.91. The number of thioether (sulfide) groups is 1. The van der Waals surface area contributed by atoms with Crippen LogP contribution in [0, 0.1) is 11.7 Å². The van der Waals surface area contributed by atoms with Gasteiger partial charge in [-0.15, -0.1) is 0 Å². The lowest BCUT2D eigenvalue weighted by Crippen LogP contribution is -2.31. The summed E-state index contributed by atoms with van der Waals surface area (Å²) in [4.78, 5) is 0. The number of benzene rings is 1. The van der Waals surface area contributed by atoms with Gasteiger partial charge in [-0.1, -0.05) is 6.07 Å². The number of hydrogen-bond acceptors (Lipinski definition) is 2. The zero-order chi connectivity index (χ0) is 13.7. The van der Waals surface area contributed by atoms with Gasteiger partial charge in [-0.25, -0.2) is 4.39 Å². The third kappa shape index (κ3) is 4.76. The second-order valence-corrected chi connectivity index (χ2v) is 7.31. The van der Waals surface area contributed by atoms with E-state index in [0.29, 0.717) is 10.5 Å². The maximum atomic E-state index is 13.2. The van der Waals surface area contributed by atoms with Gasteiger partial charge in [0.2, 0.25) is 0 Å². The normalized spacial score (nSPS) is 18.5. The molecule has 1 atom stereocenters. The molecule has 1 fully saturated rings. The Bertz CT molecular complexity index is 407. The monoisotopic (exact) mass is 345 g/mol. The van der Waals surface area contributed by atoms with E-state index in [1.165, 1.54) is 36.3 Å². The van der Waals surface area contributed by atoms with Crippen LogP contribution in [0.2, 0.25) is 0 Å². The zero-order valence-corrected chi connectivity index (χ0v) is 13.7. The van der Waals surface area contributed by atoms with Crippen molar-refractivity contribution in [1.82, 2.24) is 5.32 Å². The summed E-state index contributed by atoms with van der Waals surface area (Å²) in [6, 6.07) is 5.83. The summed E-state index contributed by atoms with van der Waals surface area (Å²) in [5, 5.41) is 3.42. The van der Waals surface area contributed by atoms with E-state index in [1.54, 1.807) is 6.07 Å². The van der Waals surface area contributed by atoms with Crippen LogP contribution < -0.4 is 5.32 Å². The van der Waals surface area contributed by atoms with Gasteiger partial charge < -0.3 is 5.32 Å². The Morgan fingerprint density at radius 1 is 1.42 bits per heavy atom. The van der Waals surface area contributed by atoms with E-state index < -0.39 is 0 Å². The van der Waals surface area contributed by atoms with Crippen LogP contribution in [-0.2, 0) is 6.42 Å². The van der Waals surface area contributed by atoms with Crippen LogP contribution in [0.3, 0.4) is 0 Å². The van der Waals surface area contributed by atoms with Gasteiger partial charge in [-0.2, -0.15) is 11.8 Å². The van der Waals surface area contributed by atoms with Crippen molar-refractivity contribution in [2.45, 2.75) is 31.7 Å². The topological polar surface area (TPSA) is 12.0 Å². The van der Waals surface area contributed by atoms with E-state index in [2.05, 4.69) is 33.0 Å². The number of rotatable bonds is 5. The summed E-state index contributed by atoms with van der Waals surface area (Å²) in [6.07, 6.45) is 4.89. The van der Waals surface area contributed by atoms with Crippen LogP contribution in [0.25, 0.3) is 0 Å². The van der Waals surface area contributed by atoms with Crippen LogP contribution >= 0.6 is 27.7 Å². The molecule has 1 aromatic rings. The zero-order valence-electron chi connectivity index (χ0n) is 11.3. The highest BCUT2D eigenvalue weighted by Crippen LogP contribution is 2.27. The van der Waals surface area contributed by atoms with Gasteiger partial charge in [0, 0.05) is 6.04 Å². The second kappa shape index (κ2) is 7.65. The van der Waals surface area contributed by atoms with Crippen molar-refractivity contribution in [1.29, 1.82) is 0 Å². The summed E-state index contributed by atoms with van der Waals surface area (Å²) in [5.74, 6) is 3.28. The molecule has 1 saturated heterocycles. The molecule has 1 aliphatic heterocycles. The van der Waals surface area contributed by atoms with Gasteiger partial charge in [0.15, 0.2) is 0 Å². The van der Waals surface area contributed by atoms with Crippen molar-refractivity contribution in [3.8, 4) is 0 Å². The molecule has 1 unspecified atom stereocenters. The van der Waals surface area contributed by atoms with Crippen molar-refractivity contribution in [2.24, 2.45) is 5.92 Å². The van der Waals surface area contributed by atoms with E-state index in [-0.39, 0.29) is 5.82 Å². The third-order valence-corrected chi connectivity index (χ3v) is 5.49. The van der Waals surface area contributed by atoms with E-state index in [4.69, 9.17) is 0 Å². The van der Waals surface area contributed by atoms with Crippen molar-refractivity contribution in [2.75, 3.05) is 18.6 Å². The lowest BCUT2D eigenvalue weighted by Gasteiger charge is -2.26. The first-order chi connectivity index (χ1) is 9.19. The molecule has 0 radical (unpaired) electrons. The predicted octanol–water partition coefficient (Wildman–Crippen LogP) is 4.25. The van der Waals surface area contributed by atoms with Crippen molar-refractivity contribution >= 4 is 27.7 Å². The van der Waals surface area contributed by atoms with Crippen molar-refractivity contribution < 1.29 is 4.39 Å². The smallest absolute Gasteiger partial charge is 0.137 e. The van der Waals surface area contributed by atoms with Gasteiger partial charge in [-0.05, 0) is 83.8 Å². The van der Waals surface area contributed by atoms with Gasteiger partial charge in [0.25, 0.3) is 0 Å². The largest absolute Gasteiger partial charge is 0.317 e. The highest BCUT2D eigenvalue weighted by Gasteiger charge is 2.18. The highest BCUT2D eigenvalue weighted by molar-refractivity contribution is 9.10. The van der Waals surface area contributed by atoms with Crippen LogP contribution in [0.1, 0.15) is 24.8 Å². The Labute approximate surface area is 127 Å². The molecule has 1 aromatic carbocycles. The Hall–Kier alpha value is -0.0600. The summed E-state index contributed by atoms with van der Waals surface area (Å²) in [5.41, 5.74) is 1.19. The lowest BCUT2D eigenvalue weighted by molar-refractivity contribution is 0.376. The Morgan fingerprint density at radius 2 is 2.16 bits per heavy atom. The summed E-state index contributed by atoms with van der Waals surface area (Å²) in [7, 11) is 2.03. The average molecular weight is 346 g/mol. The molecule has 1 heterocycles. The SMILES string of the molecule is CNC(Cc1ccc(F)c(Br)c1)CC1CCSCC1. The average Bonchev–Trinajstić information content (AvgIpc) is 2.43. The molecular formula is C15H21BrFNS. The number of halogens is 2. The van der Waals surface area contributed by atoms with E-state index in [0.717, 1.165) is 12.3 Å². The predicted molar refractivity (Wildman–Crippen MR) is 85.3 cm³/mol. The minimum atomic E-state index is -0.186. The van der Waals surface area contributed by atoms with Crippen LogP contribution in [0.15, 0.2) is 22.7 Å². The fourth-order valence-electron chi connectivity index (χ4n) is 2.64. The third-order valence-electron chi connectivity index (χ3n) is 3.83. The quantitative estimate of drug-likeness (QED) is 0.855. The molecule has 0 amide bonds.